The number of halogens is 1. The summed E-state index contributed by atoms with van der Waals surface area (Å²) in [6.45, 7) is 0.264. The summed E-state index contributed by atoms with van der Waals surface area (Å²) in [4.78, 5) is 21.0. The lowest BCUT2D eigenvalue weighted by atomic mass is 9.88. The van der Waals surface area contributed by atoms with Crippen molar-refractivity contribution in [2.24, 2.45) is 0 Å². The predicted octanol–water partition coefficient (Wildman–Crippen LogP) is 1.89. The highest BCUT2D eigenvalue weighted by Gasteiger charge is 2.39. The number of nitrogens with two attached hydrogens (primary N) is 1. The van der Waals surface area contributed by atoms with Gasteiger partial charge in [-0.1, -0.05) is 12.1 Å². The number of anilines is 1. The van der Waals surface area contributed by atoms with Crippen LogP contribution in [-0.2, 0) is 4.79 Å². The number of rotatable bonds is 3. The summed E-state index contributed by atoms with van der Waals surface area (Å²) in [5.74, 6) is -0.0643. The fourth-order valence-electron chi connectivity index (χ4n) is 3.28. The number of benzene rings is 2. The Labute approximate surface area is 142 Å². The molecule has 25 heavy (non-hydrogen) atoms. The first kappa shape index (κ1) is 15.5. The van der Waals surface area contributed by atoms with Gasteiger partial charge in [-0.25, -0.2) is 14.4 Å². The van der Waals surface area contributed by atoms with Gasteiger partial charge in [0.05, 0.1) is 17.7 Å². The van der Waals surface area contributed by atoms with Crippen molar-refractivity contribution in [1.29, 1.82) is 0 Å². The van der Waals surface area contributed by atoms with Gasteiger partial charge >= 0.3 is 0 Å². The Bertz CT molecular complexity index is 978. The van der Waals surface area contributed by atoms with Gasteiger partial charge in [0.25, 0.3) is 0 Å². The van der Waals surface area contributed by atoms with Gasteiger partial charge < -0.3 is 15.7 Å². The lowest BCUT2D eigenvalue weighted by Gasteiger charge is -2.43. The molecule has 2 heterocycles. The summed E-state index contributed by atoms with van der Waals surface area (Å²) < 4.78 is 13.6. The van der Waals surface area contributed by atoms with Crippen LogP contribution >= 0.6 is 0 Å². The van der Waals surface area contributed by atoms with E-state index in [1.54, 1.807) is 18.2 Å². The van der Waals surface area contributed by atoms with E-state index in [9.17, 15) is 14.3 Å². The number of nitrogens with zero attached hydrogens (tertiary/aromatic N) is 3. The number of amides is 1. The van der Waals surface area contributed by atoms with E-state index < -0.39 is 12.1 Å². The molecule has 2 atom stereocenters. The number of nitrogen functional groups attached to an aromatic ring is 1. The second kappa shape index (κ2) is 5.78. The second-order valence-corrected chi connectivity index (χ2v) is 6.05. The SMILES string of the molecule is Nc1ncnc2c(C3C(O)CN3C=O)cc(-c3cccc(F)c3)cc12. The Hall–Kier alpha value is -3.06. The zero-order chi connectivity index (χ0) is 17.6. The number of aromatic nitrogens is 2. The molecule has 0 aliphatic carbocycles. The standard InChI is InChI=1S/C18H15FN4O2/c19-12-3-1-2-10(4-12)11-5-13(17-15(25)7-23(17)9-24)16-14(6-11)18(20)22-8-21-16/h1-6,8-9,15,17,25H,7H2,(H2,20,21,22). The molecule has 1 saturated heterocycles. The molecule has 1 fully saturated rings. The van der Waals surface area contributed by atoms with E-state index in [0.29, 0.717) is 34.0 Å². The molecule has 1 aliphatic rings. The van der Waals surface area contributed by atoms with Crippen LogP contribution in [0.1, 0.15) is 11.6 Å². The summed E-state index contributed by atoms with van der Waals surface area (Å²) in [7, 11) is 0. The Balaban J connectivity index is 1.97. The topological polar surface area (TPSA) is 92.3 Å². The monoisotopic (exact) mass is 338 g/mol. The normalized spacial score (nSPS) is 19.7. The Morgan fingerprint density at radius 1 is 1.24 bits per heavy atom. The molecule has 1 aromatic heterocycles. The van der Waals surface area contributed by atoms with Gasteiger partial charge in [-0.05, 0) is 35.4 Å². The van der Waals surface area contributed by atoms with Crippen molar-refractivity contribution in [2.45, 2.75) is 12.1 Å². The fourth-order valence-corrected chi connectivity index (χ4v) is 3.28. The van der Waals surface area contributed by atoms with Crippen LogP contribution in [0.4, 0.5) is 10.2 Å². The number of aliphatic hydroxyl groups excluding tert-OH is 1. The van der Waals surface area contributed by atoms with Gasteiger partial charge in [0, 0.05) is 17.5 Å². The van der Waals surface area contributed by atoms with Crippen molar-refractivity contribution in [3.63, 3.8) is 0 Å². The van der Waals surface area contributed by atoms with Crippen molar-refractivity contribution in [3.05, 3.63) is 54.1 Å². The number of carbonyl (C=O) groups is 1. The molecule has 1 aliphatic heterocycles. The molecule has 0 radical (unpaired) electrons. The van der Waals surface area contributed by atoms with Crippen LogP contribution in [-0.4, -0.2) is 39.0 Å². The summed E-state index contributed by atoms with van der Waals surface area (Å²) in [6.07, 6.45) is 1.36. The number of hydrogen-bond donors (Lipinski definition) is 2. The average molecular weight is 338 g/mol. The Morgan fingerprint density at radius 3 is 2.80 bits per heavy atom. The molecule has 7 heteroatoms. The van der Waals surface area contributed by atoms with Crippen LogP contribution in [0.3, 0.4) is 0 Å². The quantitative estimate of drug-likeness (QED) is 0.712. The van der Waals surface area contributed by atoms with Gasteiger partial charge in [-0.15, -0.1) is 0 Å². The highest BCUT2D eigenvalue weighted by molar-refractivity contribution is 5.94. The van der Waals surface area contributed by atoms with Crippen LogP contribution in [0.25, 0.3) is 22.0 Å². The van der Waals surface area contributed by atoms with Crippen molar-refractivity contribution in [1.82, 2.24) is 14.9 Å². The van der Waals surface area contributed by atoms with Crippen molar-refractivity contribution >= 4 is 23.1 Å². The van der Waals surface area contributed by atoms with Gasteiger partial charge in [0.1, 0.15) is 18.0 Å². The van der Waals surface area contributed by atoms with E-state index in [2.05, 4.69) is 9.97 Å². The first-order valence-electron chi connectivity index (χ1n) is 7.77. The molecule has 0 spiro atoms. The summed E-state index contributed by atoms with van der Waals surface area (Å²) >= 11 is 0. The zero-order valence-corrected chi connectivity index (χ0v) is 13.1. The average Bonchev–Trinajstić information content (AvgIpc) is 2.60. The number of carbonyl (C=O) groups excluding carboxylic acids is 1. The van der Waals surface area contributed by atoms with E-state index in [4.69, 9.17) is 5.73 Å². The zero-order valence-electron chi connectivity index (χ0n) is 13.1. The molecule has 6 nitrogen and oxygen atoms in total. The molecule has 0 bridgehead atoms. The van der Waals surface area contributed by atoms with E-state index in [1.807, 2.05) is 6.07 Å². The molecular weight excluding hydrogens is 323 g/mol. The maximum absolute atomic E-state index is 13.6. The smallest absolute Gasteiger partial charge is 0.210 e. The number of β-amino-alcohol motifs (C(OH)–C–C–N with tert-alkyl or cyclic N) is 1. The van der Waals surface area contributed by atoms with Crippen LogP contribution in [0.5, 0.6) is 0 Å². The lowest BCUT2D eigenvalue weighted by molar-refractivity contribution is -0.136. The maximum atomic E-state index is 13.6. The second-order valence-electron chi connectivity index (χ2n) is 6.05. The van der Waals surface area contributed by atoms with Gasteiger partial charge in [-0.3, -0.25) is 4.79 Å². The molecule has 2 aromatic carbocycles. The number of likely N-dealkylation sites (tertiary alicyclic amines) is 1. The molecule has 0 saturated carbocycles. The van der Waals surface area contributed by atoms with Crippen LogP contribution in [0.15, 0.2) is 42.7 Å². The van der Waals surface area contributed by atoms with Crippen molar-refractivity contribution in [3.8, 4) is 11.1 Å². The van der Waals surface area contributed by atoms with E-state index in [-0.39, 0.29) is 18.2 Å². The number of hydrogen-bond acceptors (Lipinski definition) is 5. The summed E-state index contributed by atoms with van der Waals surface area (Å²) in [5, 5.41) is 10.8. The molecule has 126 valence electrons. The minimum Gasteiger partial charge on any atom is -0.389 e. The van der Waals surface area contributed by atoms with Crippen LogP contribution < -0.4 is 5.73 Å². The van der Waals surface area contributed by atoms with Gasteiger partial charge in [-0.2, -0.15) is 0 Å². The van der Waals surface area contributed by atoms with E-state index in [0.717, 1.165) is 0 Å². The number of aliphatic hydroxyl groups is 1. The molecule has 1 amide bonds. The van der Waals surface area contributed by atoms with E-state index >= 15 is 0 Å². The van der Waals surface area contributed by atoms with E-state index in [1.165, 1.54) is 23.4 Å². The lowest BCUT2D eigenvalue weighted by Crippen LogP contribution is -2.52. The minimum atomic E-state index is -0.688. The van der Waals surface area contributed by atoms with Gasteiger partial charge in [0.15, 0.2) is 0 Å². The third-order valence-electron chi connectivity index (χ3n) is 4.53. The molecule has 3 N–H and O–H groups in total. The molecule has 2 unspecified atom stereocenters. The highest BCUT2D eigenvalue weighted by Crippen LogP contribution is 2.39. The Morgan fingerprint density at radius 2 is 2.08 bits per heavy atom. The third kappa shape index (κ3) is 2.49. The van der Waals surface area contributed by atoms with Crippen molar-refractivity contribution < 1.29 is 14.3 Å². The number of fused-ring (bicyclic) bond motifs is 1. The summed E-state index contributed by atoms with van der Waals surface area (Å²) in [5.41, 5.74) is 8.61. The molecule has 3 aromatic rings. The first-order chi connectivity index (χ1) is 12.1. The minimum absolute atomic E-state index is 0.264. The third-order valence-corrected chi connectivity index (χ3v) is 4.53. The highest BCUT2D eigenvalue weighted by atomic mass is 19.1. The Kier molecular flexibility index (Phi) is 3.58. The van der Waals surface area contributed by atoms with Crippen LogP contribution in [0, 0.1) is 5.82 Å². The fraction of sp³-hybridized carbons (Fsp3) is 0.167. The summed E-state index contributed by atoms with van der Waals surface area (Å²) in [6, 6.07) is 9.28. The van der Waals surface area contributed by atoms with Crippen molar-refractivity contribution in [2.75, 3.05) is 12.3 Å². The molecular formula is C18H15FN4O2. The van der Waals surface area contributed by atoms with Crippen LogP contribution in [0.2, 0.25) is 0 Å². The maximum Gasteiger partial charge on any atom is 0.210 e. The molecule has 4 rings (SSSR count). The largest absolute Gasteiger partial charge is 0.389 e. The first-order valence-corrected chi connectivity index (χ1v) is 7.77. The predicted molar refractivity (Wildman–Crippen MR) is 90.9 cm³/mol. The van der Waals surface area contributed by atoms with Gasteiger partial charge in [0.2, 0.25) is 6.41 Å².